The monoisotopic (exact) mass is 215 g/mol. The molecule has 0 radical (unpaired) electrons. The van der Waals surface area contributed by atoms with Crippen molar-refractivity contribution in [3.8, 4) is 0 Å². The third kappa shape index (κ3) is 2.92. The van der Waals surface area contributed by atoms with E-state index < -0.39 is 0 Å². The first-order valence-corrected chi connectivity index (χ1v) is 5.65. The molecule has 1 rings (SSSR count). The van der Waals surface area contributed by atoms with Crippen LogP contribution in [0.3, 0.4) is 0 Å². The molecule has 0 saturated heterocycles. The second kappa shape index (κ2) is 5.26. The number of anilines is 1. The molecule has 1 atom stereocenters. The van der Waals surface area contributed by atoms with Gasteiger partial charge in [-0.1, -0.05) is 20.8 Å². The second-order valence-corrected chi connectivity index (χ2v) is 4.30. The molecule has 1 unspecified atom stereocenters. The van der Waals surface area contributed by atoms with Gasteiger partial charge in [-0.05, 0) is 6.42 Å². The highest BCUT2D eigenvalue weighted by molar-refractivity contribution is 7.09. The van der Waals surface area contributed by atoms with Crippen LogP contribution in [0.25, 0.3) is 0 Å². The van der Waals surface area contributed by atoms with Crippen molar-refractivity contribution in [1.82, 2.24) is 9.36 Å². The Labute approximate surface area is 88.6 Å². The maximum atomic E-state index is 9.00. The van der Waals surface area contributed by atoms with Gasteiger partial charge in [-0.25, -0.2) is 4.98 Å². The van der Waals surface area contributed by atoms with E-state index in [0.717, 1.165) is 17.4 Å². The second-order valence-electron chi connectivity index (χ2n) is 3.54. The number of aliphatic hydroxyl groups excluding tert-OH is 1. The van der Waals surface area contributed by atoms with Crippen LogP contribution in [-0.4, -0.2) is 27.1 Å². The fraction of sp³-hybridized carbons (Fsp3) is 0.778. The van der Waals surface area contributed by atoms with E-state index in [1.54, 1.807) is 0 Å². The minimum Gasteiger partial charge on any atom is -0.394 e. The van der Waals surface area contributed by atoms with Crippen molar-refractivity contribution in [3.63, 3.8) is 0 Å². The first-order chi connectivity index (χ1) is 6.67. The van der Waals surface area contributed by atoms with E-state index in [1.165, 1.54) is 11.5 Å². The molecular formula is C9H17N3OS. The Morgan fingerprint density at radius 3 is 2.64 bits per heavy atom. The Kier molecular flexibility index (Phi) is 4.28. The van der Waals surface area contributed by atoms with Gasteiger partial charge in [-0.15, -0.1) is 0 Å². The first kappa shape index (κ1) is 11.4. The lowest BCUT2D eigenvalue weighted by atomic mass is 10.2. The Hall–Kier alpha value is -0.680. The standard InChI is InChI=1S/C9H17N3OS/c1-4-7(5-13)10-9-11-8(6(2)3)12-14-9/h6-7,13H,4-5H2,1-3H3,(H,10,11,12). The van der Waals surface area contributed by atoms with Crippen LogP contribution in [0.15, 0.2) is 0 Å². The summed E-state index contributed by atoms with van der Waals surface area (Å²) in [7, 11) is 0. The lowest BCUT2D eigenvalue weighted by Crippen LogP contribution is -2.22. The zero-order valence-corrected chi connectivity index (χ0v) is 9.64. The van der Waals surface area contributed by atoms with Crippen molar-refractivity contribution in [2.45, 2.75) is 39.2 Å². The zero-order chi connectivity index (χ0) is 10.6. The molecule has 0 amide bonds. The van der Waals surface area contributed by atoms with Gasteiger partial charge in [0.05, 0.1) is 12.6 Å². The van der Waals surface area contributed by atoms with Crippen molar-refractivity contribution in [1.29, 1.82) is 0 Å². The van der Waals surface area contributed by atoms with Crippen LogP contribution in [-0.2, 0) is 0 Å². The number of nitrogens with one attached hydrogen (secondary N) is 1. The molecule has 14 heavy (non-hydrogen) atoms. The number of nitrogens with zero attached hydrogens (tertiary/aromatic N) is 2. The summed E-state index contributed by atoms with van der Waals surface area (Å²) >= 11 is 1.35. The Morgan fingerprint density at radius 2 is 2.21 bits per heavy atom. The number of hydrogen-bond donors (Lipinski definition) is 2. The summed E-state index contributed by atoms with van der Waals surface area (Å²) in [5.74, 6) is 1.22. The lowest BCUT2D eigenvalue weighted by Gasteiger charge is -2.11. The molecule has 0 spiro atoms. The normalized spacial score (nSPS) is 13.2. The van der Waals surface area contributed by atoms with Crippen molar-refractivity contribution >= 4 is 16.7 Å². The summed E-state index contributed by atoms with van der Waals surface area (Å²) in [5.41, 5.74) is 0. The van der Waals surface area contributed by atoms with Gasteiger partial charge in [0, 0.05) is 17.5 Å². The Morgan fingerprint density at radius 1 is 1.50 bits per heavy atom. The highest BCUT2D eigenvalue weighted by Gasteiger charge is 2.10. The van der Waals surface area contributed by atoms with Crippen LogP contribution in [0.4, 0.5) is 5.13 Å². The average molecular weight is 215 g/mol. The largest absolute Gasteiger partial charge is 0.394 e. The van der Waals surface area contributed by atoms with Gasteiger partial charge in [0.2, 0.25) is 5.13 Å². The molecule has 0 aliphatic rings. The molecule has 4 nitrogen and oxygen atoms in total. The molecule has 0 aliphatic heterocycles. The molecular weight excluding hydrogens is 198 g/mol. The third-order valence-corrected chi connectivity index (χ3v) is 2.66. The van der Waals surface area contributed by atoms with E-state index in [9.17, 15) is 0 Å². The fourth-order valence-corrected chi connectivity index (χ4v) is 1.76. The summed E-state index contributed by atoms with van der Waals surface area (Å²) in [4.78, 5) is 4.33. The number of rotatable bonds is 5. The molecule has 1 aromatic heterocycles. The van der Waals surface area contributed by atoms with Crippen molar-refractivity contribution in [2.75, 3.05) is 11.9 Å². The Balaban J connectivity index is 2.58. The summed E-state index contributed by atoms with van der Waals surface area (Å²) < 4.78 is 4.22. The topological polar surface area (TPSA) is 58.0 Å². The van der Waals surface area contributed by atoms with Crippen LogP contribution in [0, 0.1) is 0 Å². The van der Waals surface area contributed by atoms with Crippen LogP contribution in [0.5, 0.6) is 0 Å². The van der Waals surface area contributed by atoms with Gasteiger partial charge >= 0.3 is 0 Å². The summed E-state index contributed by atoms with van der Waals surface area (Å²) in [6, 6.07) is 0.0861. The fourth-order valence-electron chi connectivity index (χ4n) is 0.979. The number of hydrogen-bond acceptors (Lipinski definition) is 5. The highest BCUT2D eigenvalue weighted by atomic mass is 32.1. The molecule has 2 N–H and O–H groups in total. The molecule has 0 bridgehead atoms. The van der Waals surface area contributed by atoms with Crippen molar-refractivity contribution in [3.05, 3.63) is 5.82 Å². The van der Waals surface area contributed by atoms with Gasteiger partial charge in [0.1, 0.15) is 5.82 Å². The summed E-state index contributed by atoms with van der Waals surface area (Å²) in [5, 5.41) is 12.9. The van der Waals surface area contributed by atoms with Gasteiger partial charge in [0.25, 0.3) is 0 Å². The van der Waals surface area contributed by atoms with Crippen LogP contribution < -0.4 is 5.32 Å². The molecule has 0 aliphatic carbocycles. The van der Waals surface area contributed by atoms with E-state index >= 15 is 0 Å². The third-order valence-electron chi connectivity index (χ3n) is 2.00. The van der Waals surface area contributed by atoms with Crippen molar-refractivity contribution < 1.29 is 5.11 Å². The molecule has 0 aromatic carbocycles. The maximum Gasteiger partial charge on any atom is 0.202 e. The maximum absolute atomic E-state index is 9.00. The molecule has 80 valence electrons. The quantitative estimate of drug-likeness (QED) is 0.787. The van der Waals surface area contributed by atoms with E-state index in [1.807, 2.05) is 6.92 Å². The summed E-state index contributed by atoms with van der Waals surface area (Å²) in [6.45, 7) is 6.29. The number of aliphatic hydroxyl groups is 1. The lowest BCUT2D eigenvalue weighted by molar-refractivity contribution is 0.272. The van der Waals surface area contributed by atoms with E-state index in [0.29, 0.717) is 5.92 Å². The van der Waals surface area contributed by atoms with Gasteiger partial charge < -0.3 is 10.4 Å². The Bertz CT molecular complexity index is 271. The van der Waals surface area contributed by atoms with Gasteiger partial charge in [-0.3, -0.25) is 0 Å². The minimum atomic E-state index is 0.0861. The van der Waals surface area contributed by atoms with Crippen LogP contribution in [0.1, 0.15) is 38.9 Å². The molecule has 5 heteroatoms. The van der Waals surface area contributed by atoms with Crippen molar-refractivity contribution in [2.24, 2.45) is 0 Å². The van der Waals surface area contributed by atoms with Gasteiger partial charge in [-0.2, -0.15) is 4.37 Å². The molecule has 0 saturated carbocycles. The van der Waals surface area contributed by atoms with E-state index in [4.69, 9.17) is 5.11 Å². The van der Waals surface area contributed by atoms with Crippen LogP contribution >= 0.6 is 11.5 Å². The molecule has 1 aromatic rings. The predicted molar refractivity (Wildman–Crippen MR) is 58.8 cm³/mol. The summed E-state index contributed by atoms with van der Waals surface area (Å²) in [6.07, 6.45) is 0.882. The van der Waals surface area contributed by atoms with Crippen LogP contribution in [0.2, 0.25) is 0 Å². The predicted octanol–water partition coefficient (Wildman–Crippen LogP) is 1.84. The molecule has 0 fully saturated rings. The zero-order valence-electron chi connectivity index (χ0n) is 8.82. The SMILES string of the molecule is CCC(CO)Nc1nc(C(C)C)ns1. The minimum absolute atomic E-state index is 0.0861. The van der Waals surface area contributed by atoms with Gasteiger partial charge in [0.15, 0.2) is 0 Å². The highest BCUT2D eigenvalue weighted by Crippen LogP contribution is 2.18. The van der Waals surface area contributed by atoms with E-state index in [-0.39, 0.29) is 12.6 Å². The average Bonchev–Trinajstić information content (AvgIpc) is 2.62. The number of aromatic nitrogens is 2. The van der Waals surface area contributed by atoms with E-state index in [2.05, 4.69) is 28.5 Å². The molecule has 1 heterocycles. The first-order valence-electron chi connectivity index (χ1n) is 4.88. The smallest absolute Gasteiger partial charge is 0.202 e.